The molecule has 3 rings (SSSR count). The highest BCUT2D eigenvalue weighted by Crippen LogP contribution is 2.22. The van der Waals surface area contributed by atoms with Gasteiger partial charge in [0.15, 0.2) is 5.82 Å². The van der Waals surface area contributed by atoms with Crippen molar-refractivity contribution in [3.63, 3.8) is 0 Å². The summed E-state index contributed by atoms with van der Waals surface area (Å²) in [6.45, 7) is 1.66. The molecule has 0 spiro atoms. The minimum atomic E-state index is -3.96. The van der Waals surface area contributed by atoms with Crippen molar-refractivity contribution in [3.8, 4) is 11.9 Å². The molecule has 2 aromatic heterocycles. The van der Waals surface area contributed by atoms with E-state index >= 15 is 0 Å². The van der Waals surface area contributed by atoms with Crippen LogP contribution in [-0.4, -0.2) is 48.3 Å². The summed E-state index contributed by atoms with van der Waals surface area (Å²) in [5.41, 5.74) is 0.416. The zero-order chi connectivity index (χ0) is 22.6. The van der Waals surface area contributed by atoms with Crippen LogP contribution in [-0.2, 0) is 14.8 Å². The molecule has 0 saturated heterocycles. The zero-order valence-corrected chi connectivity index (χ0v) is 18.3. The maximum atomic E-state index is 12.7. The summed E-state index contributed by atoms with van der Waals surface area (Å²) in [6.07, 6.45) is 2.96. The highest BCUT2D eigenvalue weighted by Gasteiger charge is 2.19. The third-order valence-electron chi connectivity index (χ3n) is 4.09. The predicted molar refractivity (Wildman–Crippen MR) is 113 cm³/mol. The normalized spacial score (nSPS) is 12.1. The van der Waals surface area contributed by atoms with E-state index in [0.29, 0.717) is 10.7 Å². The molecular formula is C18H19ClN6O5S. The lowest BCUT2D eigenvalue weighted by Gasteiger charge is -2.13. The number of hydrogen-bond donors (Lipinski definition) is 2. The fraction of sp³-hybridized carbons (Fsp3) is 0.222. The topological polar surface area (TPSA) is 137 Å². The fourth-order valence-corrected chi connectivity index (χ4v) is 3.60. The number of rotatable bonds is 8. The van der Waals surface area contributed by atoms with Crippen molar-refractivity contribution in [2.45, 2.75) is 17.9 Å². The number of ether oxygens (including phenoxy) is 2. The molecule has 2 N–H and O–H groups in total. The van der Waals surface area contributed by atoms with E-state index in [0.717, 1.165) is 0 Å². The number of methoxy groups -OCH3 is 2. The zero-order valence-electron chi connectivity index (χ0n) is 16.7. The van der Waals surface area contributed by atoms with Crippen LogP contribution in [0.5, 0.6) is 11.9 Å². The van der Waals surface area contributed by atoms with Gasteiger partial charge in [-0.2, -0.15) is 15.1 Å². The SMILES string of the molecule is COc1cc(NS(=O)(=O)c2ccc(NC(=O)C(C)n3cc(Cl)cn3)cc2)nc(OC)n1. The van der Waals surface area contributed by atoms with E-state index < -0.39 is 16.1 Å². The van der Waals surface area contributed by atoms with Crippen molar-refractivity contribution in [1.29, 1.82) is 0 Å². The molecule has 1 amide bonds. The smallest absolute Gasteiger partial charge is 0.321 e. The molecule has 2 heterocycles. The molecule has 0 fully saturated rings. The van der Waals surface area contributed by atoms with E-state index in [9.17, 15) is 13.2 Å². The van der Waals surface area contributed by atoms with Crippen molar-refractivity contribution in [3.05, 3.63) is 47.7 Å². The second kappa shape index (κ2) is 9.18. The van der Waals surface area contributed by atoms with Crippen molar-refractivity contribution >= 4 is 39.0 Å². The van der Waals surface area contributed by atoms with Gasteiger partial charge in [0.25, 0.3) is 10.0 Å². The first-order valence-corrected chi connectivity index (χ1v) is 10.7. The van der Waals surface area contributed by atoms with Gasteiger partial charge >= 0.3 is 6.01 Å². The van der Waals surface area contributed by atoms with Gasteiger partial charge in [-0.15, -0.1) is 0 Å². The van der Waals surface area contributed by atoms with Gasteiger partial charge in [-0.05, 0) is 31.2 Å². The summed E-state index contributed by atoms with van der Waals surface area (Å²) in [7, 11) is -1.23. The average Bonchev–Trinajstić information content (AvgIpc) is 3.19. The number of benzene rings is 1. The first-order chi connectivity index (χ1) is 14.7. The number of carbonyl (C=O) groups is 1. The van der Waals surface area contributed by atoms with Gasteiger partial charge < -0.3 is 14.8 Å². The van der Waals surface area contributed by atoms with Crippen LogP contribution < -0.4 is 19.5 Å². The largest absolute Gasteiger partial charge is 0.481 e. The Morgan fingerprint density at radius 3 is 2.45 bits per heavy atom. The van der Waals surface area contributed by atoms with Crippen LogP contribution in [0.15, 0.2) is 47.6 Å². The van der Waals surface area contributed by atoms with Gasteiger partial charge in [-0.1, -0.05) is 11.6 Å². The first-order valence-electron chi connectivity index (χ1n) is 8.82. The maximum Gasteiger partial charge on any atom is 0.321 e. The Kier molecular flexibility index (Phi) is 6.61. The van der Waals surface area contributed by atoms with Gasteiger partial charge in [0.1, 0.15) is 6.04 Å². The van der Waals surface area contributed by atoms with Crippen LogP contribution in [0.3, 0.4) is 0 Å². The summed E-state index contributed by atoms with van der Waals surface area (Å²) >= 11 is 5.82. The van der Waals surface area contributed by atoms with Crippen LogP contribution in [0, 0.1) is 0 Å². The number of halogens is 1. The third-order valence-corrected chi connectivity index (χ3v) is 5.66. The van der Waals surface area contributed by atoms with E-state index in [2.05, 4.69) is 25.1 Å². The van der Waals surface area contributed by atoms with Crippen molar-refractivity contribution < 1.29 is 22.7 Å². The minimum Gasteiger partial charge on any atom is -0.481 e. The number of anilines is 2. The van der Waals surface area contributed by atoms with Crippen LogP contribution >= 0.6 is 11.6 Å². The van der Waals surface area contributed by atoms with Crippen molar-refractivity contribution in [2.24, 2.45) is 0 Å². The number of nitrogens with zero attached hydrogens (tertiary/aromatic N) is 4. The third kappa shape index (κ3) is 5.41. The molecular weight excluding hydrogens is 448 g/mol. The molecule has 0 aliphatic heterocycles. The summed E-state index contributed by atoms with van der Waals surface area (Å²) in [5, 5.41) is 7.11. The highest BCUT2D eigenvalue weighted by molar-refractivity contribution is 7.92. The number of sulfonamides is 1. The molecule has 0 aliphatic carbocycles. The Bertz CT molecular complexity index is 1160. The van der Waals surface area contributed by atoms with E-state index in [4.69, 9.17) is 21.1 Å². The first kappa shape index (κ1) is 22.3. The second-order valence-corrected chi connectivity index (χ2v) is 8.33. The summed E-state index contributed by atoms with van der Waals surface area (Å²) in [6, 6.07) is 6.29. The van der Waals surface area contributed by atoms with Gasteiger partial charge in [0.2, 0.25) is 11.8 Å². The van der Waals surface area contributed by atoms with Crippen LogP contribution in [0.25, 0.3) is 0 Å². The lowest BCUT2D eigenvalue weighted by Crippen LogP contribution is -2.24. The number of nitrogens with one attached hydrogen (secondary N) is 2. The molecule has 11 nitrogen and oxygen atoms in total. The Balaban J connectivity index is 1.72. The lowest BCUT2D eigenvalue weighted by molar-refractivity contribution is -0.119. The van der Waals surface area contributed by atoms with Crippen molar-refractivity contribution in [2.75, 3.05) is 24.3 Å². The molecule has 0 radical (unpaired) electrons. The quantitative estimate of drug-likeness (QED) is 0.516. The van der Waals surface area contributed by atoms with E-state index in [1.165, 1.54) is 61.6 Å². The van der Waals surface area contributed by atoms with Gasteiger partial charge in [0, 0.05) is 18.0 Å². The molecule has 3 aromatic rings. The molecule has 0 aliphatic rings. The van der Waals surface area contributed by atoms with Crippen LogP contribution in [0.1, 0.15) is 13.0 Å². The Morgan fingerprint density at radius 1 is 1.16 bits per heavy atom. The average molecular weight is 467 g/mol. The maximum absolute atomic E-state index is 12.7. The molecule has 13 heteroatoms. The molecule has 31 heavy (non-hydrogen) atoms. The molecule has 1 aromatic carbocycles. The lowest BCUT2D eigenvalue weighted by atomic mass is 10.2. The monoisotopic (exact) mass is 466 g/mol. The minimum absolute atomic E-state index is 0.0206. The number of carbonyl (C=O) groups excluding carboxylic acids is 1. The van der Waals surface area contributed by atoms with E-state index in [1.807, 2.05) is 0 Å². The standard InChI is InChI=1S/C18H19ClN6O5S/c1-11(25-10-12(19)9-20-25)17(26)21-13-4-6-14(7-5-13)31(27,28)24-15-8-16(29-2)23-18(22-15)30-3/h4-11H,1-3H3,(H,21,26)(H,22,23,24). The Labute approximate surface area is 183 Å². The number of aromatic nitrogens is 4. The van der Waals surface area contributed by atoms with Crippen molar-refractivity contribution in [1.82, 2.24) is 19.7 Å². The predicted octanol–water partition coefficient (Wildman–Crippen LogP) is 2.34. The highest BCUT2D eigenvalue weighted by atomic mass is 35.5. The summed E-state index contributed by atoms with van der Waals surface area (Å²) in [4.78, 5) is 20.2. The van der Waals surface area contributed by atoms with Gasteiger partial charge in [-0.25, -0.2) is 8.42 Å². The molecule has 164 valence electrons. The summed E-state index contributed by atoms with van der Waals surface area (Å²) in [5.74, 6) is -0.225. The Hall–Kier alpha value is -3.38. The summed E-state index contributed by atoms with van der Waals surface area (Å²) < 4.78 is 39.0. The number of hydrogen-bond acceptors (Lipinski definition) is 8. The van der Waals surface area contributed by atoms with Crippen LogP contribution in [0.4, 0.5) is 11.5 Å². The second-order valence-electron chi connectivity index (χ2n) is 6.22. The molecule has 1 unspecified atom stereocenters. The van der Waals surface area contributed by atoms with E-state index in [1.54, 1.807) is 6.92 Å². The molecule has 1 atom stereocenters. The molecule has 0 bridgehead atoms. The number of amides is 1. The van der Waals surface area contributed by atoms with E-state index in [-0.39, 0.29) is 28.5 Å². The molecule has 0 saturated carbocycles. The van der Waals surface area contributed by atoms with Gasteiger partial charge in [0.05, 0.1) is 30.3 Å². The Morgan fingerprint density at radius 2 is 1.87 bits per heavy atom. The van der Waals surface area contributed by atoms with Gasteiger partial charge in [-0.3, -0.25) is 14.2 Å². The fourth-order valence-electron chi connectivity index (χ4n) is 2.46. The van der Waals surface area contributed by atoms with Crippen LogP contribution in [0.2, 0.25) is 5.02 Å².